The van der Waals surface area contributed by atoms with Crippen molar-refractivity contribution >= 4 is 27.8 Å². The Hall–Kier alpha value is -4.79. The Morgan fingerprint density at radius 2 is 1.79 bits per heavy atom. The second-order valence-electron chi connectivity index (χ2n) is 11.2. The van der Waals surface area contributed by atoms with E-state index < -0.39 is 0 Å². The van der Waals surface area contributed by atoms with Crippen LogP contribution in [-0.4, -0.2) is 46.8 Å². The van der Waals surface area contributed by atoms with Crippen molar-refractivity contribution < 1.29 is 4.79 Å². The lowest BCUT2D eigenvalue weighted by Gasteiger charge is -2.10. The van der Waals surface area contributed by atoms with Gasteiger partial charge in [-0.05, 0) is 62.9 Å². The second-order valence-corrected chi connectivity index (χ2v) is 11.2. The summed E-state index contributed by atoms with van der Waals surface area (Å²) in [6, 6.07) is 16.2. The van der Waals surface area contributed by atoms with E-state index >= 15 is 0 Å². The molecular weight excluding hydrogens is 524 g/mol. The summed E-state index contributed by atoms with van der Waals surface area (Å²) in [6.07, 6.45) is 4.93. The maximum Gasteiger partial charge on any atom is 0.251 e. The van der Waals surface area contributed by atoms with Crippen LogP contribution in [0.3, 0.4) is 0 Å². The van der Waals surface area contributed by atoms with Gasteiger partial charge in [-0.2, -0.15) is 15.3 Å². The van der Waals surface area contributed by atoms with Crippen molar-refractivity contribution in [3.05, 3.63) is 89.0 Å². The minimum Gasteiger partial charge on any atom is -0.352 e. The van der Waals surface area contributed by atoms with E-state index in [0.717, 1.165) is 68.8 Å². The lowest BCUT2D eigenvalue weighted by Crippen LogP contribution is -2.22. The first-order chi connectivity index (χ1) is 20.2. The maximum atomic E-state index is 12.1. The van der Waals surface area contributed by atoms with Crippen LogP contribution in [0.5, 0.6) is 0 Å². The minimum atomic E-state index is -0.0441. The van der Waals surface area contributed by atoms with E-state index in [1.54, 1.807) is 4.68 Å². The predicted molar refractivity (Wildman–Crippen MR) is 166 cm³/mol. The molecule has 0 bridgehead atoms. The number of rotatable bonds is 8. The lowest BCUT2D eigenvalue weighted by atomic mass is 9.95. The van der Waals surface area contributed by atoms with Gasteiger partial charge in [0, 0.05) is 65.7 Å². The Labute approximate surface area is 245 Å². The molecule has 0 fully saturated rings. The van der Waals surface area contributed by atoms with Gasteiger partial charge in [0.05, 0.1) is 22.6 Å². The molecule has 0 aliphatic heterocycles. The van der Waals surface area contributed by atoms with Crippen LogP contribution in [0.15, 0.2) is 60.9 Å². The van der Waals surface area contributed by atoms with E-state index in [-0.39, 0.29) is 11.8 Å². The van der Waals surface area contributed by atoms with Gasteiger partial charge in [-0.1, -0.05) is 38.1 Å². The van der Waals surface area contributed by atoms with Gasteiger partial charge in [-0.15, -0.1) is 0 Å². The summed E-state index contributed by atoms with van der Waals surface area (Å²) in [7, 11) is 1.91. The Bertz CT molecular complexity index is 1920. The van der Waals surface area contributed by atoms with Crippen LogP contribution in [0, 0.1) is 13.8 Å². The molecule has 0 saturated heterocycles. The maximum absolute atomic E-state index is 12.1. The molecule has 9 heteroatoms. The Balaban J connectivity index is 1.34. The summed E-state index contributed by atoms with van der Waals surface area (Å²) >= 11 is 0. The van der Waals surface area contributed by atoms with Crippen LogP contribution in [0.25, 0.3) is 38.9 Å². The van der Waals surface area contributed by atoms with Crippen molar-refractivity contribution in [2.75, 3.05) is 6.54 Å². The topological polar surface area (TPSA) is 95.5 Å². The molecule has 4 heterocycles. The van der Waals surface area contributed by atoms with Gasteiger partial charge >= 0.3 is 0 Å². The summed E-state index contributed by atoms with van der Waals surface area (Å²) in [5.41, 5.74) is 9.73. The Morgan fingerprint density at radius 3 is 2.52 bits per heavy atom. The van der Waals surface area contributed by atoms with Crippen molar-refractivity contribution in [2.24, 2.45) is 7.05 Å². The highest BCUT2D eigenvalue weighted by atomic mass is 16.1. The number of amides is 1. The first-order valence-corrected chi connectivity index (χ1v) is 14.5. The number of nitrogens with one attached hydrogen (secondary N) is 1. The first-order valence-electron chi connectivity index (χ1n) is 14.5. The molecule has 0 saturated carbocycles. The zero-order chi connectivity index (χ0) is 29.5. The fourth-order valence-corrected chi connectivity index (χ4v) is 5.75. The number of aryl methyl sites for hydroxylation is 4. The standard InChI is InChI=1S/C33H36N8O/c1-7-34-33(42)24-13-11-23(12-14-24)15-16-40-19-27-26(9-8-10-28(27)36-40)31-30(20(2)3)22(5)41(37-31)29-17-25-18-39(6)38-32(25)35-21(29)4/h8-14,17-20H,7,15-16H2,1-6H3,(H,34,42). The zero-order valence-corrected chi connectivity index (χ0v) is 25.0. The molecule has 0 atom stereocenters. The van der Waals surface area contributed by atoms with Gasteiger partial charge in [0.15, 0.2) is 5.65 Å². The first kappa shape index (κ1) is 27.4. The summed E-state index contributed by atoms with van der Waals surface area (Å²) < 4.78 is 5.84. The molecule has 6 aromatic rings. The van der Waals surface area contributed by atoms with E-state index in [2.05, 4.69) is 61.6 Å². The molecular formula is C33H36N8O. The Kier molecular flexibility index (Phi) is 7.10. The Morgan fingerprint density at radius 1 is 1.00 bits per heavy atom. The van der Waals surface area contributed by atoms with E-state index in [1.165, 1.54) is 5.56 Å². The number of pyridine rings is 1. The zero-order valence-electron chi connectivity index (χ0n) is 25.0. The molecule has 2 aromatic carbocycles. The molecule has 9 nitrogen and oxygen atoms in total. The fraction of sp³-hybridized carbons (Fsp3) is 0.303. The SMILES string of the molecule is CCNC(=O)c1ccc(CCn2cc3c(-c4nn(-c5cc6cn(C)nc6nc5C)c(C)c4C(C)C)cccc3n2)cc1. The average Bonchev–Trinajstić information content (AvgIpc) is 3.65. The largest absolute Gasteiger partial charge is 0.352 e. The average molecular weight is 561 g/mol. The molecule has 0 aliphatic carbocycles. The molecule has 1 N–H and O–H groups in total. The highest BCUT2D eigenvalue weighted by molar-refractivity contribution is 5.95. The highest BCUT2D eigenvalue weighted by Crippen LogP contribution is 2.36. The van der Waals surface area contributed by atoms with Crippen molar-refractivity contribution in [3.63, 3.8) is 0 Å². The molecule has 0 unspecified atom stereocenters. The van der Waals surface area contributed by atoms with Gasteiger partial charge in [0.25, 0.3) is 5.91 Å². The number of carbonyl (C=O) groups is 1. The van der Waals surface area contributed by atoms with Gasteiger partial charge in [-0.25, -0.2) is 9.67 Å². The lowest BCUT2D eigenvalue weighted by molar-refractivity contribution is 0.0956. The number of carbonyl (C=O) groups excluding carboxylic acids is 1. The minimum absolute atomic E-state index is 0.0441. The molecule has 214 valence electrons. The van der Waals surface area contributed by atoms with Crippen molar-refractivity contribution in [2.45, 2.75) is 53.5 Å². The predicted octanol–water partition coefficient (Wildman–Crippen LogP) is 5.90. The fourth-order valence-electron chi connectivity index (χ4n) is 5.75. The second kappa shape index (κ2) is 10.9. The monoisotopic (exact) mass is 560 g/mol. The van der Waals surface area contributed by atoms with Crippen LogP contribution in [0.1, 0.15) is 59.6 Å². The van der Waals surface area contributed by atoms with Crippen LogP contribution >= 0.6 is 0 Å². The van der Waals surface area contributed by atoms with Gasteiger partial charge in [0.2, 0.25) is 0 Å². The van der Waals surface area contributed by atoms with Crippen LogP contribution in [-0.2, 0) is 20.0 Å². The third-order valence-electron chi connectivity index (χ3n) is 7.78. The van der Waals surface area contributed by atoms with Crippen molar-refractivity contribution in [1.29, 1.82) is 0 Å². The van der Waals surface area contributed by atoms with Crippen LogP contribution in [0.2, 0.25) is 0 Å². The number of fused-ring (bicyclic) bond motifs is 2. The molecule has 4 aromatic heterocycles. The van der Waals surface area contributed by atoms with Gasteiger partial charge in [-0.3, -0.25) is 14.2 Å². The van der Waals surface area contributed by atoms with E-state index in [1.807, 2.05) is 60.7 Å². The van der Waals surface area contributed by atoms with Gasteiger partial charge in [0.1, 0.15) is 0 Å². The number of hydrogen-bond donors (Lipinski definition) is 1. The van der Waals surface area contributed by atoms with E-state index in [9.17, 15) is 4.79 Å². The van der Waals surface area contributed by atoms with Crippen molar-refractivity contribution in [3.8, 4) is 16.9 Å². The number of hydrogen-bond acceptors (Lipinski definition) is 5. The van der Waals surface area contributed by atoms with Crippen molar-refractivity contribution in [1.82, 2.24) is 39.6 Å². The molecule has 6 rings (SSSR count). The highest BCUT2D eigenvalue weighted by Gasteiger charge is 2.23. The summed E-state index contributed by atoms with van der Waals surface area (Å²) in [6.45, 7) is 11.9. The molecule has 0 radical (unpaired) electrons. The van der Waals surface area contributed by atoms with Crippen LogP contribution < -0.4 is 5.32 Å². The summed E-state index contributed by atoms with van der Waals surface area (Å²) in [5, 5.41) is 19.5. The normalized spacial score (nSPS) is 11.7. The smallest absolute Gasteiger partial charge is 0.251 e. The number of nitrogens with zero attached hydrogens (tertiary/aromatic N) is 7. The summed E-state index contributed by atoms with van der Waals surface area (Å²) in [5.74, 6) is 0.231. The quantitative estimate of drug-likeness (QED) is 0.250. The third kappa shape index (κ3) is 4.95. The van der Waals surface area contributed by atoms with E-state index in [4.69, 9.17) is 15.2 Å². The molecule has 0 aliphatic rings. The van der Waals surface area contributed by atoms with Crippen LogP contribution in [0.4, 0.5) is 0 Å². The molecule has 1 amide bonds. The van der Waals surface area contributed by atoms with Gasteiger partial charge < -0.3 is 5.32 Å². The molecule has 0 spiro atoms. The molecule has 42 heavy (non-hydrogen) atoms. The number of aromatic nitrogens is 7. The third-order valence-corrected chi connectivity index (χ3v) is 7.78. The summed E-state index contributed by atoms with van der Waals surface area (Å²) in [4.78, 5) is 16.8. The number of benzene rings is 2. The van der Waals surface area contributed by atoms with E-state index in [0.29, 0.717) is 12.1 Å².